The zero-order chi connectivity index (χ0) is 10.1. The average Bonchev–Trinajstić information content (AvgIpc) is 2.59. The molecule has 1 aliphatic carbocycles. The summed E-state index contributed by atoms with van der Waals surface area (Å²) < 4.78 is 1.80. The molecule has 0 unspecified atom stereocenters. The van der Waals surface area contributed by atoms with E-state index in [9.17, 15) is 4.79 Å². The molecule has 76 valence electrons. The Morgan fingerprint density at radius 3 is 3.14 bits per heavy atom. The number of hydrogen-bond donors (Lipinski definition) is 1. The molecule has 0 spiro atoms. The number of rotatable bonds is 2. The minimum absolute atomic E-state index is 0.258. The third-order valence-electron chi connectivity index (χ3n) is 2.74. The first-order valence-electron chi connectivity index (χ1n) is 4.86. The van der Waals surface area contributed by atoms with Gasteiger partial charge in [-0.05, 0) is 19.8 Å². The molecule has 5 heteroatoms. The van der Waals surface area contributed by atoms with E-state index in [1.54, 1.807) is 4.68 Å². The lowest BCUT2D eigenvalue weighted by atomic mass is 9.90. The first-order chi connectivity index (χ1) is 6.72. The van der Waals surface area contributed by atoms with Crippen molar-refractivity contribution in [2.45, 2.75) is 32.7 Å². The Morgan fingerprint density at radius 1 is 1.71 bits per heavy atom. The van der Waals surface area contributed by atoms with Gasteiger partial charge in [-0.2, -0.15) is 0 Å². The van der Waals surface area contributed by atoms with Crippen LogP contribution in [0.2, 0.25) is 0 Å². The molecule has 0 amide bonds. The molecule has 0 fully saturated rings. The summed E-state index contributed by atoms with van der Waals surface area (Å²) in [5.74, 6) is -0.967. The molecule has 1 aliphatic rings. The van der Waals surface area contributed by atoms with E-state index in [-0.39, 0.29) is 5.92 Å². The van der Waals surface area contributed by atoms with Gasteiger partial charge < -0.3 is 5.11 Å². The maximum absolute atomic E-state index is 10.8. The van der Waals surface area contributed by atoms with Crippen molar-refractivity contribution in [3.8, 4) is 0 Å². The summed E-state index contributed by atoms with van der Waals surface area (Å²) in [4.78, 5) is 10.8. The van der Waals surface area contributed by atoms with Gasteiger partial charge in [0.2, 0.25) is 0 Å². The molecule has 1 N–H and O–H groups in total. The molecule has 5 nitrogen and oxygen atoms in total. The summed E-state index contributed by atoms with van der Waals surface area (Å²) in [5, 5.41) is 16.9. The maximum Gasteiger partial charge on any atom is 0.306 e. The maximum atomic E-state index is 10.8. The van der Waals surface area contributed by atoms with Crippen LogP contribution in [0.25, 0.3) is 0 Å². The van der Waals surface area contributed by atoms with Crippen LogP contribution in [0.1, 0.15) is 24.7 Å². The molecular formula is C9H13N3O2. The number of nitrogens with zero attached hydrogens (tertiary/aromatic N) is 3. The van der Waals surface area contributed by atoms with E-state index in [1.807, 2.05) is 6.92 Å². The minimum atomic E-state index is -0.709. The summed E-state index contributed by atoms with van der Waals surface area (Å²) in [5.41, 5.74) is 1.98. The van der Waals surface area contributed by atoms with Gasteiger partial charge in [-0.3, -0.25) is 4.79 Å². The first kappa shape index (κ1) is 9.18. The molecular weight excluding hydrogens is 182 g/mol. The quantitative estimate of drug-likeness (QED) is 0.745. The van der Waals surface area contributed by atoms with E-state index in [4.69, 9.17) is 5.11 Å². The Bertz CT molecular complexity index is 345. The fourth-order valence-corrected chi connectivity index (χ4v) is 1.90. The van der Waals surface area contributed by atoms with E-state index >= 15 is 0 Å². The molecule has 1 aromatic rings. The highest BCUT2D eigenvalue weighted by Gasteiger charge is 2.27. The van der Waals surface area contributed by atoms with Crippen LogP contribution in [-0.2, 0) is 24.2 Å². The van der Waals surface area contributed by atoms with E-state index in [0.29, 0.717) is 12.8 Å². The van der Waals surface area contributed by atoms with Gasteiger partial charge in [0, 0.05) is 13.0 Å². The zero-order valence-electron chi connectivity index (χ0n) is 8.10. The van der Waals surface area contributed by atoms with Crippen LogP contribution in [0.4, 0.5) is 0 Å². The molecule has 1 heterocycles. The van der Waals surface area contributed by atoms with Gasteiger partial charge in [-0.15, -0.1) is 5.10 Å². The Balaban J connectivity index is 2.27. The van der Waals surface area contributed by atoms with Crippen molar-refractivity contribution < 1.29 is 9.90 Å². The number of aryl methyl sites for hydroxylation is 2. The van der Waals surface area contributed by atoms with E-state index in [1.165, 1.54) is 0 Å². The smallest absolute Gasteiger partial charge is 0.306 e. The van der Waals surface area contributed by atoms with Crippen molar-refractivity contribution in [1.82, 2.24) is 15.0 Å². The first-order valence-corrected chi connectivity index (χ1v) is 4.86. The molecule has 0 aliphatic heterocycles. The van der Waals surface area contributed by atoms with Gasteiger partial charge in [-0.25, -0.2) is 4.68 Å². The van der Waals surface area contributed by atoms with Crippen molar-refractivity contribution in [3.05, 3.63) is 11.4 Å². The van der Waals surface area contributed by atoms with Crippen molar-refractivity contribution >= 4 is 5.97 Å². The van der Waals surface area contributed by atoms with Gasteiger partial charge in [0.15, 0.2) is 0 Å². The summed E-state index contributed by atoms with van der Waals surface area (Å²) in [6.45, 7) is 2.74. The third-order valence-corrected chi connectivity index (χ3v) is 2.74. The molecule has 0 radical (unpaired) electrons. The minimum Gasteiger partial charge on any atom is -0.481 e. The Labute approximate surface area is 81.7 Å². The van der Waals surface area contributed by atoms with Crippen molar-refractivity contribution in [1.29, 1.82) is 0 Å². The van der Waals surface area contributed by atoms with Crippen LogP contribution in [-0.4, -0.2) is 26.1 Å². The third kappa shape index (κ3) is 1.38. The van der Waals surface area contributed by atoms with Gasteiger partial charge >= 0.3 is 5.97 Å². The number of carboxylic acids is 1. The normalized spacial score (nSPS) is 20.5. The largest absolute Gasteiger partial charge is 0.481 e. The molecule has 2 rings (SSSR count). The summed E-state index contributed by atoms with van der Waals surface area (Å²) in [6, 6.07) is 0. The lowest BCUT2D eigenvalue weighted by Gasteiger charge is -2.17. The van der Waals surface area contributed by atoms with Crippen LogP contribution < -0.4 is 0 Å². The predicted molar refractivity (Wildman–Crippen MR) is 48.8 cm³/mol. The van der Waals surface area contributed by atoms with E-state index in [2.05, 4.69) is 10.3 Å². The SMILES string of the molecule is CCn1nnc2c1C[C@H](C(=O)O)CC2. The molecule has 0 aromatic carbocycles. The fourth-order valence-electron chi connectivity index (χ4n) is 1.90. The molecule has 1 atom stereocenters. The molecule has 0 saturated heterocycles. The average molecular weight is 195 g/mol. The van der Waals surface area contributed by atoms with Gasteiger partial charge in [0.05, 0.1) is 17.3 Å². The summed E-state index contributed by atoms with van der Waals surface area (Å²) in [6.07, 6.45) is 2.00. The molecule has 0 saturated carbocycles. The summed E-state index contributed by atoms with van der Waals surface area (Å²) in [7, 11) is 0. The van der Waals surface area contributed by atoms with Crippen molar-refractivity contribution in [2.24, 2.45) is 5.92 Å². The van der Waals surface area contributed by atoms with Gasteiger partial charge in [-0.1, -0.05) is 5.21 Å². The summed E-state index contributed by atoms with van der Waals surface area (Å²) >= 11 is 0. The number of fused-ring (bicyclic) bond motifs is 1. The van der Waals surface area contributed by atoms with Crippen LogP contribution in [0.15, 0.2) is 0 Å². The fraction of sp³-hybridized carbons (Fsp3) is 0.667. The number of carboxylic acid groups (broad SMARTS) is 1. The van der Waals surface area contributed by atoms with E-state index in [0.717, 1.165) is 24.4 Å². The van der Waals surface area contributed by atoms with Crippen LogP contribution in [0.5, 0.6) is 0 Å². The Hall–Kier alpha value is -1.39. The van der Waals surface area contributed by atoms with Gasteiger partial charge in [0.1, 0.15) is 0 Å². The highest BCUT2D eigenvalue weighted by molar-refractivity contribution is 5.70. The second-order valence-corrected chi connectivity index (χ2v) is 3.58. The number of carbonyl (C=O) groups is 1. The molecule has 14 heavy (non-hydrogen) atoms. The van der Waals surface area contributed by atoms with Crippen molar-refractivity contribution in [2.75, 3.05) is 0 Å². The molecule has 0 bridgehead atoms. The second kappa shape index (κ2) is 3.40. The molecule has 1 aromatic heterocycles. The Morgan fingerprint density at radius 2 is 2.50 bits per heavy atom. The standard InChI is InChI=1S/C9H13N3O2/c1-2-12-8-5-6(9(13)14)3-4-7(8)10-11-12/h6H,2-5H2,1H3,(H,13,14)/t6-/m1/s1. The van der Waals surface area contributed by atoms with Crippen LogP contribution >= 0.6 is 0 Å². The van der Waals surface area contributed by atoms with Crippen molar-refractivity contribution in [3.63, 3.8) is 0 Å². The lowest BCUT2D eigenvalue weighted by molar-refractivity contribution is -0.142. The Kier molecular flexibility index (Phi) is 2.23. The highest BCUT2D eigenvalue weighted by Crippen LogP contribution is 2.23. The van der Waals surface area contributed by atoms with Crippen LogP contribution in [0, 0.1) is 5.92 Å². The second-order valence-electron chi connectivity index (χ2n) is 3.58. The van der Waals surface area contributed by atoms with Gasteiger partial charge in [0.25, 0.3) is 0 Å². The lowest BCUT2D eigenvalue weighted by Crippen LogP contribution is -2.23. The number of aliphatic carboxylic acids is 1. The van der Waals surface area contributed by atoms with Crippen LogP contribution in [0.3, 0.4) is 0 Å². The monoisotopic (exact) mass is 195 g/mol. The predicted octanol–water partition coefficient (Wildman–Crippen LogP) is 0.487. The zero-order valence-corrected chi connectivity index (χ0v) is 8.10. The highest BCUT2D eigenvalue weighted by atomic mass is 16.4. The topological polar surface area (TPSA) is 68.0 Å². The number of hydrogen-bond acceptors (Lipinski definition) is 3. The van der Waals surface area contributed by atoms with E-state index < -0.39 is 5.97 Å². The number of aromatic nitrogens is 3.